The number of nitrogens with one attached hydrogen (secondary N) is 1. The van der Waals surface area contributed by atoms with Gasteiger partial charge in [0.25, 0.3) is 0 Å². The lowest BCUT2D eigenvalue weighted by Gasteiger charge is -2.37. The number of carbonyl (C=O) groups excluding carboxylic acids is 1. The molecule has 6 nitrogen and oxygen atoms in total. The van der Waals surface area contributed by atoms with Crippen LogP contribution in [-0.4, -0.2) is 48.8 Å². The Morgan fingerprint density at radius 1 is 1.21 bits per heavy atom. The fourth-order valence-electron chi connectivity index (χ4n) is 1.81. The van der Waals surface area contributed by atoms with Gasteiger partial charge >= 0.3 is 7.48 Å². The van der Waals surface area contributed by atoms with E-state index in [0.717, 1.165) is 11.0 Å². The maximum absolute atomic E-state index is 11.9. The summed E-state index contributed by atoms with van der Waals surface area (Å²) in [5.41, 5.74) is 0.0374. The fourth-order valence-corrected chi connectivity index (χ4v) is 1.81. The van der Waals surface area contributed by atoms with Crippen molar-refractivity contribution in [3.63, 3.8) is 0 Å². The highest BCUT2D eigenvalue weighted by atomic mass is 16.5. The summed E-state index contributed by atoms with van der Waals surface area (Å²) in [5.74, 6) is -0.0640. The largest absolute Gasteiger partial charge is 0.427 e. The van der Waals surface area contributed by atoms with E-state index in [4.69, 9.17) is 4.65 Å². The monoisotopic (exact) mass is 402 g/mol. The van der Waals surface area contributed by atoms with E-state index in [1.807, 2.05) is 66.7 Å². The van der Waals surface area contributed by atoms with Gasteiger partial charge in [-0.15, -0.1) is 0 Å². The number of allylic oxidation sites excluding steroid dienone is 5. The molecule has 2 N–H and O–H groups in total. The molecule has 1 rings (SSSR count). The van der Waals surface area contributed by atoms with Gasteiger partial charge in [0.05, 0.1) is 16.9 Å². The first-order chi connectivity index (χ1) is 13.3. The van der Waals surface area contributed by atoms with Gasteiger partial charge in [-0.25, -0.2) is 0 Å². The Labute approximate surface area is 177 Å². The average molecular weight is 402 g/mol. The Morgan fingerprint density at radius 3 is 2.28 bits per heavy atom. The Morgan fingerprint density at radius 2 is 1.79 bits per heavy atom. The lowest BCUT2D eigenvalue weighted by Crippen LogP contribution is -2.48. The molecule has 1 amide bonds. The van der Waals surface area contributed by atoms with Crippen LogP contribution in [0.2, 0.25) is 0 Å². The van der Waals surface area contributed by atoms with Crippen LogP contribution in [0.25, 0.3) is 0 Å². The molecule has 7 heteroatoms. The molecule has 0 fully saturated rings. The van der Waals surface area contributed by atoms with E-state index in [1.54, 1.807) is 27.5 Å². The molecular formula is C22H37BN3O3. The topological polar surface area (TPSA) is 83.3 Å². The SMILES string of the molecule is C=N/C=C1/C=C([B]OC(C)(C)C(C)(C)O)C=C/C1=N/CNC(=O)C(C)(C)C.CC. The summed E-state index contributed by atoms with van der Waals surface area (Å²) >= 11 is 0. The zero-order valence-corrected chi connectivity index (χ0v) is 19.5. The van der Waals surface area contributed by atoms with E-state index in [2.05, 4.69) is 22.0 Å². The first-order valence-electron chi connectivity index (χ1n) is 9.90. The van der Waals surface area contributed by atoms with Crippen LogP contribution >= 0.6 is 0 Å². The van der Waals surface area contributed by atoms with Crippen LogP contribution < -0.4 is 5.32 Å². The van der Waals surface area contributed by atoms with Gasteiger partial charge in [0, 0.05) is 17.2 Å². The van der Waals surface area contributed by atoms with Gasteiger partial charge < -0.3 is 15.1 Å². The van der Waals surface area contributed by atoms with Gasteiger partial charge in [0.2, 0.25) is 5.91 Å². The van der Waals surface area contributed by atoms with Crippen LogP contribution in [0.4, 0.5) is 0 Å². The number of aliphatic imine (C=N–C) groups is 2. The summed E-state index contributed by atoms with van der Waals surface area (Å²) in [7, 11) is 1.60. The molecule has 0 aromatic heterocycles. The maximum Gasteiger partial charge on any atom is 0.330 e. The summed E-state index contributed by atoms with van der Waals surface area (Å²) in [6.45, 7) is 20.3. The summed E-state index contributed by atoms with van der Waals surface area (Å²) in [4.78, 5) is 20.2. The summed E-state index contributed by atoms with van der Waals surface area (Å²) in [6.07, 6.45) is 7.14. The van der Waals surface area contributed by atoms with Crippen LogP contribution in [0.15, 0.2) is 45.5 Å². The van der Waals surface area contributed by atoms with Crippen molar-refractivity contribution in [2.45, 2.75) is 73.5 Å². The van der Waals surface area contributed by atoms with Crippen molar-refractivity contribution >= 4 is 25.8 Å². The summed E-state index contributed by atoms with van der Waals surface area (Å²) < 4.78 is 5.78. The van der Waals surface area contributed by atoms with Gasteiger partial charge in [0.15, 0.2) is 0 Å². The van der Waals surface area contributed by atoms with Crippen molar-refractivity contribution in [3.8, 4) is 0 Å². The van der Waals surface area contributed by atoms with Gasteiger partial charge in [-0.1, -0.05) is 52.2 Å². The summed E-state index contributed by atoms with van der Waals surface area (Å²) in [6, 6.07) is 0. The number of hydrogen-bond donors (Lipinski definition) is 2. The minimum atomic E-state index is -0.998. The molecule has 1 radical (unpaired) electrons. The number of aliphatic hydroxyl groups is 1. The molecule has 0 atom stereocenters. The first-order valence-corrected chi connectivity index (χ1v) is 9.90. The molecule has 161 valence electrons. The van der Waals surface area contributed by atoms with Gasteiger partial charge in [-0.3, -0.25) is 14.8 Å². The molecule has 0 unspecified atom stereocenters. The Kier molecular flexibility index (Phi) is 10.5. The summed E-state index contributed by atoms with van der Waals surface area (Å²) in [5, 5.41) is 13.0. The molecule has 0 spiro atoms. The molecule has 1 aliphatic carbocycles. The van der Waals surface area contributed by atoms with E-state index >= 15 is 0 Å². The van der Waals surface area contributed by atoms with Crippen LogP contribution in [0.3, 0.4) is 0 Å². The predicted molar refractivity (Wildman–Crippen MR) is 123 cm³/mol. The molecule has 0 aliphatic heterocycles. The molecule has 0 aromatic carbocycles. The highest BCUT2D eigenvalue weighted by Gasteiger charge is 2.35. The van der Waals surface area contributed by atoms with Crippen molar-refractivity contribution in [1.82, 2.24) is 5.32 Å². The zero-order chi connectivity index (χ0) is 22.9. The fraction of sp³-hybridized carbons (Fsp3) is 0.591. The predicted octanol–water partition coefficient (Wildman–Crippen LogP) is 3.80. The van der Waals surface area contributed by atoms with Crippen LogP contribution in [-0.2, 0) is 9.45 Å². The van der Waals surface area contributed by atoms with Crippen LogP contribution in [0.5, 0.6) is 0 Å². The van der Waals surface area contributed by atoms with Gasteiger partial charge in [-0.05, 0) is 40.5 Å². The minimum Gasteiger partial charge on any atom is -0.427 e. The number of amides is 1. The first kappa shape index (κ1) is 27.0. The molecule has 0 aromatic rings. The second-order valence-corrected chi connectivity index (χ2v) is 8.51. The molecule has 0 heterocycles. The Bertz CT molecular complexity index is 691. The lowest BCUT2D eigenvalue weighted by atomic mass is 9.79. The quantitative estimate of drug-likeness (QED) is 0.502. The van der Waals surface area contributed by atoms with E-state index in [0.29, 0.717) is 5.71 Å². The maximum atomic E-state index is 11.9. The molecule has 0 saturated carbocycles. The lowest BCUT2D eigenvalue weighted by molar-refractivity contribution is -0.128. The van der Waals surface area contributed by atoms with Crippen LogP contribution in [0.1, 0.15) is 62.3 Å². The van der Waals surface area contributed by atoms with Gasteiger partial charge in [0.1, 0.15) is 6.67 Å². The van der Waals surface area contributed by atoms with E-state index in [9.17, 15) is 9.90 Å². The zero-order valence-electron chi connectivity index (χ0n) is 19.5. The smallest absolute Gasteiger partial charge is 0.330 e. The minimum absolute atomic E-state index is 0.0640. The van der Waals surface area contributed by atoms with Crippen molar-refractivity contribution in [1.29, 1.82) is 0 Å². The normalized spacial score (nSPS) is 17.4. The molecule has 29 heavy (non-hydrogen) atoms. The third kappa shape index (κ3) is 8.92. The number of carbonyl (C=O) groups is 1. The second kappa shape index (κ2) is 11.3. The number of hydrogen-bond acceptors (Lipinski definition) is 5. The van der Waals surface area contributed by atoms with E-state index in [1.165, 1.54) is 0 Å². The standard InChI is InChI=1S/C20H31BN3O3.C2H6/c1-18(2,3)17(25)24-13-23-16-10-9-15(11-14(16)12-22-8)21-27-20(6,7)19(4,5)26;1-2/h9-12,26H,8,13H2,1-7H3,(H,24,25);1-2H3/b14-12-,23-16-;. The molecule has 0 saturated heterocycles. The highest BCUT2D eigenvalue weighted by molar-refractivity contribution is 6.40. The Hall–Kier alpha value is -1.99. The van der Waals surface area contributed by atoms with Crippen molar-refractivity contribution in [2.24, 2.45) is 15.4 Å². The molecule has 0 bridgehead atoms. The van der Waals surface area contributed by atoms with Gasteiger partial charge in [-0.2, -0.15) is 0 Å². The molecular weight excluding hydrogens is 365 g/mol. The average Bonchev–Trinajstić information content (AvgIpc) is 2.61. The van der Waals surface area contributed by atoms with Crippen LogP contribution in [0, 0.1) is 5.41 Å². The second-order valence-electron chi connectivity index (χ2n) is 8.51. The van der Waals surface area contributed by atoms with Crippen molar-refractivity contribution in [2.75, 3.05) is 6.67 Å². The van der Waals surface area contributed by atoms with Crippen molar-refractivity contribution in [3.05, 3.63) is 35.5 Å². The number of rotatable bonds is 7. The Balaban J connectivity index is 0.00000379. The molecule has 1 aliphatic rings. The third-order valence-electron chi connectivity index (χ3n) is 4.42. The third-order valence-corrected chi connectivity index (χ3v) is 4.42. The van der Waals surface area contributed by atoms with Crippen molar-refractivity contribution < 1.29 is 14.6 Å². The van der Waals surface area contributed by atoms with E-state index < -0.39 is 16.6 Å². The number of nitrogens with zero attached hydrogens (tertiary/aromatic N) is 2. The highest BCUT2D eigenvalue weighted by Crippen LogP contribution is 2.25. The van der Waals surface area contributed by atoms with E-state index in [-0.39, 0.29) is 12.6 Å².